The van der Waals surface area contributed by atoms with E-state index in [1.807, 2.05) is 0 Å². The molecule has 0 nitrogen and oxygen atoms in total. The Hall–Kier alpha value is 0.00688. The van der Waals surface area contributed by atoms with Crippen LogP contribution in [0.15, 0.2) is 0 Å². The molecule has 0 N–H and O–H groups in total. The Morgan fingerprint density at radius 2 is 1.50 bits per heavy atom. The Kier molecular flexibility index (Phi) is 2.57. The summed E-state index contributed by atoms with van der Waals surface area (Å²) in [5.74, 6) is 0. The summed E-state index contributed by atoms with van der Waals surface area (Å²) < 4.78 is 37.7. The van der Waals surface area contributed by atoms with Crippen molar-refractivity contribution in [2.24, 2.45) is 0 Å². The quantitative estimate of drug-likeness (QED) is 0.559. The van der Waals surface area contributed by atoms with Gasteiger partial charge in [0.1, 0.15) is 8.07 Å². The minimum absolute atomic E-state index is 0.915. The van der Waals surface area contributed by atoms with Crippen molar-refractivity contribution in [3.8, 4) is 0 Å². The summed E-state index contributed by atoms with van der Waals surface area (Å²) in [6, 6.07) is 0. The van der Waals surface area contributed by atoms with Gasteiger partial charge in [0.25, 0.3) is 5.55 Å². The van der Waals surface area contributed by atoms with Crippen molar-refractivity contribution in [2.45, 2.75) is 38.3 Å². The first-order valence-electron chi connectivity index (χ1n) is 3.21. The Bertz CT molecular complexity index is 115. The molecule has 0 amide bonds. The molecule has 0 aromatic carbocycles. The SMILES string of the molecule is CC(F)C(F)(F)[Si](C)(C)C. The van der Waals surface area contributed by atoms with Crippen LogP contribution >= 0.6 is 0 Å². The molecule has 0 bridgehead atoms. The summed E-state index contributed by atoms with van der Waals surface area (Å²) in [4.78, 5) is 0. The van der Waals surface area contributed by atoms with E-state index in [2.05, 4.69) is 0 Å². The molecule has 1 atom stereocenters. The zero-order valence-corrected chi connectivity index (χ0v) is 7.71. The highest BCUT2D eigenvalue weighted by molar-refractivity contribution is 6.78. The third-order valence-electron chi connectivity index (χ3n) is 1.50. The first-order valence-corrected chi connectivity index (χ1v) is 6.71. The van der Waals surface area contributed by atoms with Gasteiger partial charge in [0.2, 0.25) is 0 Å². The van der Waals surface area contributed by atoms with Gasteiger partial charge in [-0.1, -0.05) is 19.6 Å². The second kappa shape index (κ2) is 2.56. The highest BCUT2D eigenvalue weighted by Gasteiger charge is 2.49. The smallest absolute Gasteiger partial charge is 0.242 e. The molecule has 1 unspecified atom stereocenters. The van der Waals surface area contributed by atoms with Crippen LogP contribution in [-0.4, -0.2) is 19.8 Å². The van der Waals surface area contributed by atoms with E-state index in [1.54, 1.807) is 0 Å². The molecule has 0 aliphatic rings. The van der Waals surface area contributed by atoms with Crippen molar-refractivity contribution in [2.75, 3.05) is 0 Å². The second-order valence-electron chi connectivity index (χ2n) is 3.49. The lowest BCUT2D eigenvalue weighted by Gasteiger charge is -2.29. The molecule has 0 saturated heterocycles. The summed E-state index contributed by atoms with van der Waals surface area (Å²) in [6.45, 7) is 5.30. The molecule has 4 heteroatoms. The minimum atomic E-state index is -3.09. The first-order chi connectivity index (χ1) is 4.19. The number of alkyl halides is 3. The molecular weight excluding hydrogens is 157 g/mol. The molecule has 0 fully saturated rings. The molecule has 0 spiro atoms. The standard InChI is InChI=1S/C6H13F3Si/c1-5(7)6(8,9)10(2,3)4/h5H,1-4H3. The van der Waals surface area contributed by atoms with Gasteiger partial charge in [0, 0.05) is 0 Å². The van der Waals surface area contributed by atoms with E-state index in [9.17, 15) is 13.2 Å². The summed E-state index contributed by atoms with van der Waals surface area (Å²) in [7, 11) is -2.66. The maximum Gasteiger partial charge on any atom is 0.258 e. The normalized spacial score (nSPS) is 17.1. The van der Waals surface area contributed by atoms with Crippen LogP contribution in [0, 0.1) is 0 Å². The Morgan fingerprint density at radius 1 is 1.20 bits per heavy atom. The van der Waals surface area contributed by atoms with Crippen LogP contribution in [0.2, 0.25) is 19.6 Å². The fourth-order valence-corrected chi connectivity index (χ4v) is 1.79. The van der Waals surface area contributed by atoms with Gasteiger partial charge in [0.05, 0.1) is 0 Å². The predicted molar refractivity (Wildman–Crippen MR) is 38.9 cm³/mol. The van der Waals surface area contributed by atoms with Crippen LogP contribution < -0.4 is 0 Å². The molecule has 0 heterocycles. The first kappa shape index (κ1) is 10.0. The van der Waals surface area contributed by atoms with E-state index >= 15 is 0 Å². The van der Waals surface area contributed by atoms with Gasteiger partial charge in [0.15, 0.2) is 6.17 Å². The third kappa shape index (κ3) is 1.75. The predicted octanol–water partition coefficient (Wildman–Crippen LogP) is 2.86. The van der Waals surface area contributed by atoms with Crippen LogP contribution in [-0.2, 0) is 0 Å². The van der Waals surface area contributed by atoms with Gasteiger partial charge < -0.3 is 0 Å². The molecule has 0 aromatic rings. The second-order valence-corrected chi connectivity index (χ2v) is 8.66. The third-order valence-corrected chi connectivity index (χ3v) is 3.90. The number of hydrogen-bond donors (Lipinski definition) is 0. The van der Waals surface area contributed by atoms with Crippen molar-refractivity contribution in [1.29, 1.82) is 0 Å². The van der Waals surface area contributed by atoms with Crippen LogP contribution in [0.25, 0.3) is 0 Å². The van der Waals surface area contributed by atoms with E-state index in [1.165, 1.54) is 19.6 Å². The van der Waals surface area contributed by atoms with Gasteiger partial charge in [-0.2, -0.15) is 0 Å². The zero-order valence-electron chi connectivity index (χ0n) is 6.71. The molecule has 0 rings (SSSR count). The van der Waals surface area contributed by atoms with Crippen molar-refractivity contribution >= 4 is 8.07 Å². The zero-order chi connectivity index (χ0) is 8.58. The number of halogens is 3. The summed E-state index contributed by atoms with van der Waals surface area (Å²) in [6.07, 6.45) is -2.01. The number of rotatable bonds is 2. The Balaban J connectivity index is 4.40. The van der Waals surface area contributed by atoms with Gasteiger partial charge in [-0.15, -0.1) is 0 Å². The van der Waals surface area contributed by atoms with E-state index in [0.717, 1.165) is 6.92 Å². The van der Waals surface area contributed by atoms with Gasteiger partial charge in [-0.3, -0.25) is 0 Å². The lowest BCUT2D eigenvalue weighted by molar-refractivity contribution is 0.00384. The maximum absolute atomic E-state index is 12.7. The molecule has 0 saturated carbocycles. The lowest BCUT2D eigenvalue weighted by Crippen LogP contribution is -2.50. The van der Waals surface area contributed by atoms with E-state index in [4.69, 9.17) is 0 Å². The summed E-state index contributed by atoms with van der Waals surface area (Å²) in [5, 5.41) is 0. The molecule has 0 aliphatic carbocycles. The van der Waals surface area contributed by atoms with Gasteiger partial charge in [-0.25, -0.2) is 13.2 Å². The topological polar surface area (TPSA) is 0 Å². The monoisotopic (exact) mass is 170 g/mol. The summed E-state index contributed by atoms with van der Waals surface area (Å²) in [5.41, 5.74) is -3.09. The molecule has 0 aliphatic heterocycles. The molecular formula is C6H13F3Si. The lowest BCUT2D eigenvalue weighted by atomic mass is 10.5. The molecule has 10 heavy (non-hydrogen) atoms. The van der Waals surface area contributed by atoms with Crippen LogP contribution in [0.1, 0.15) is 6.92 Å². The molecule has 62 valence electrons. The highest BCUT2D eigenvalue weighted by atomic mass is 28.3. The van der Waals surface area contributed by atoms with Gasteiger partial charge in [-0.05, 0) is 6.92 Å². The Morgan fingerprint density at radius 3 is 1.50 bits per heavy atom. The minimum Gasteiger partial charge on any atom is -0.242 e. The molecule has 0 aromatic heterocycles. The largest absolute Gasteiger partial charge is 0.258 e. The van der Waals surface area contributed by atoms with Crippen molar-refractivity contribution in [1.82, 2.24) is 0 Å². The summed E-state index contributed by atoms with van der Waals surface area (Å²) >= 11 is 0. The Labute approximate surface area is 60.4 Å². The molecule has 0 radical (unpaired) electrons. The van der Waals surface area contributed by atoms with E-state index in [-0.39, 0.29) is 0 Å². The van der Waals surface area contributed by atoms with Crippen LogP contribution in [0.3, 0.4) is 0 Å². The highest BCUT2D eigenvalue weighted by Crippen LogP contribution is 2.31. The van der Waals surface area contributed by atoms with E-state index in [0.29, 0.717) is 0 Å². The number of hydrogen-bond acceptors (Lipinski definition) is 0. The van der Waals surface area contributed by atoms with Crippen LogP contribution in [0.5, 0.6) is 0 Å². The fourth-order valence-electron chi connectivity index (χ4n) is 0.597. The van der Waals surface area contributed by atoms with Gasteiger partial charge >= 0.3 is 0 Å². The maximum atomic E-state index is 12.7. The van der Waals surface area contributed by atoms with E-state index < -0.39 is 19.8 Å². The average Bonchev–Trinajstić information content (AvgIpc) is 1.62. The average molecular weight is 170 g/mol. The van der Waals surface area contributed by atoms with Crippen molar-refractivity contribution < 1.29 is 13.2 Å². The fraction of sp³-hybridized carbons (Fsp3) is 1.00. The van der Waals surface area contributed by atoms with Crippen molar-refractivity contribution in [3.05, 3.63) is 0 Å². The van der Waals surface area contributed by atoms with Crippen molar-refractivity contribution in [3.63, 3.8) is 0 Å². The van der Waals surface area contributed by atoms with Crippen LogP contribution in [0.4, 0.5) is 13.2 Å².